The summed E-state index contributed by atoms with van der Waals surface area (Å²) in [5, 5.41) is 5.32. The Bertz CT molecular complexity index is 2640. The van der Waals surface area contributed by atoms with Crippen LogP contribution in [-0.2, 0) is 24.7 Å². The summed E-state index contributed by atoms with van der Waals surface area (Å²) in [6.07, 6.45) is 7.80. The van der Waals surface area contributed by atoms with Crippen LogP contribution < -0.4 is 35.3 Å². The second kappa shape index (κ2) is 15.4. The first-order valence-electron chi connectivity index (χ1n) is 17.3. The topological polar surface area (TPSA) is 0 Å². The summed E-state index contributed by atoms with van der Waals surface area (Å²) in [6.45, 7) is 0. The van der Waals surface area contributed by atoms with Gasteiger partial charge in [0.2, 0.25) is 0 Å². The predicted molar refractivity (Wildman–Crippen MR) is 205 cm³/mol. The van der Waals surface area contributed by atoms with Gasteiger partial charge in [-0.25, -0.2) is 0 Å². The van der Waals surface area contributed by atoms with Crippen LogP contribution in [-0.4, -0.2) is 0 Å². The van der Waals surface area contributed by atoms with Crippen molar-refractivity contribution in [1.29, 1.82) is 0 Å². The quantitative estimate of drug-likeness (QED) is 0.232. The van der Waals surface area contributed by atoms with E-state index in [1.54, 1.807) is 0 Å². The molecule has 0 N–H and O–H groups in total. The molecule has 0 unspecified atom stereocenters. The van der Waals surface area contributed by atoms with E-state index in [2.05, 4.69) is 188 Å². The SMILES string of the molecule is [Cl-].[Cl-].[Zr+2][C]1=c2cccc(-c3ccccc3)c2=c2c1c(C1=CC=CC1)c(-c1ccccc1)c(-c1ccccc1)c2=C(c1ccccc1)c1ccccc1. The molecule has 7 aromatic carbocycles. The maximum absolute atomic E-state index is 2.36. The molecule has 0 saturated carbocycles. The normalized spacial score (nSPS) is 12.3. The molecule has 0 bridgehead atoms. The fourth-order valence-electron chi connectivity index (χ4n) is 7.93. The summed E-state index contributed by atoms with van der Waals surface area (Å²) in [7, 11) is 0. The molecule has 9 rings (SSSR count). The zero-order chi connectivity index (χ0) is 33.4. The molecule has 0 nitrogen and oxygen atoms in total. The van der Waals surface area contributed by atoms with Gasteiger partial charge in [-0.15, -0.1) is 0 Å². The number of allylic oxidation sites excluding steroid dienone is 4. The molecule has 0 atom stereocenters. The van der Waals surface area contributed by atoms with Gasteiger partial charge < -0.3 is 24.8 Å². The fraction of sp³-hybridized carbons (Fsp3) is 0.0204. The number of hydrogen-bond donors (Lipinski definition) is 0. The molecular weight excluding hydrogens is 751 g/mol. The monoisotopic (exact) mass is 781 g/mol. The molecule has 2 aliphatic rings. The van der Waals surface area contributed by atoms with Gasteiger partial charge in [-0.2, -0.15) is 0 Å². The van der Waals surface area contributed by atoms with Gasteiger partial charge in [0.15, 0.2) is 0 Å². The number of rotatable bonds is 6. The van der Waals surface area contributed by atoms with Gasteiger partial charge in [-0.1, -0.05) is 0 Å². The summed E-state index contributed by atoms with van der Waals surface area (Å²) >= 11 is 1.41. The van der Waals surface area contributed by atoms with E-state index >= 15 is 0 Å². The summed E-state index contributed by atoms with van der Waals surface area (Å²) in [6, 6.07) is 62.2. The van der Waals surface area contributed by atoms with Crippen molar-refractivity contribution >= 4 is 14.4 Å². The van der Waals surface area contributed by atoms with E-state index in [0.717, 1.165) is 6.42 Å². The number of hydrogen-bond acceptors (Lipinski definition) is 0. The van der Waals surface area contributed by atoms with Crippen LogP contribution in [0.15, 0.2) is 188 Å². The zero-order valence-corrected chi connectivity index (χ0v) is 32.3. The second-order valence-electron chi connectivity index (χ2n) is 12.9. The molecule has 7 aromatic rings. The average molecular weight is 784 g/mol. The molecule has 0 radical (unpaired) electrons. The van der Waals surface area contributed by atoms with E-state index in [0.29, 0.717) is 0 Å². The zero-order valence-electron chi connectivity index (χ0n) is 28.4. The van der Waals surface area contributed by atoms with E-state index in [1.807, 2.05) is 0 Å². The molecule has 0 saturated heterocycles. The molecule has 0 spiro atoms. The maximum atomic E-state index is 2.36. The van der Waals surface area contributed by atoms with E-state index in [4.69, 9.17) is 0 Å². The van der Waals surface area contributed by atoms with E-state index in [-0.39, 0.29) is 24.8 Å². The Balaban J connectivity index is 0.00000210. The summed E-state index contributed by atoms with van der Waals surface area (Å²) < 4.78 is 1.42. The molecule has 3 heteroatoms. The van der Waals surface area contributed by atoms with Crippen LogP contribution in [0.25, 0.3) is 47.8 Å². The Labute approximate surface area is 332 Å². The molecular formula is C49H33Cl2Zr. The van der Waals surface area contributed by atoms with Crippen molar-refractivity contribution in [2.45, 2.75) is 6.42 Å². The third kappa shape index (κ3) is 6.12. The van der Waals surface area contributed by atoms with E-state index < -0.39 is 0 Å². The second-order valence-corrected chi connectivity index (χ2v) is 14.1. The van der Waals surface area contributed by atoms with Crippen molar-refractivity contribution in [3.63, 3.8) is 0 Å². The van der Waals surface area contributed by atoms with Gasteiger partial charge in [0.05, 0.1) is 0 Å². The number of fused-ring (bicyclic) bond motifs is 2. The number of halogens is 2. The molecule has 2 aliphatic carbocycles. The van der Waals surface area contributed by atoms with Gasteiger partial charge in [0.25, 0.3) is 0 Å². The molecule has 247 valence electrons. The molecule has 0 aliphatic heterocycles. The summed E-state index contributed by atoms with van der Waals surface area (Å²) in [5.74, 6) is 0. The predicted octanol–water partition coefficient (Wildman–Crippen LogP) is 4.59. The minimum absolute atomic E-state index is 0. The fourth-order valence-corrected chi connectivity index (χ4v) is 9.06. The Hall–Kier alpha value is -4.78. The van der Waals surface area contributed by atoms with Gasteiger partial charge in [-0.3, -0.25) is 0 Å². The Morgan fingerprint density at radius 2 is 0.942 bits per heavy atom. The van der Waals surface area contributed by atoms with Crippen LogP contribution in [0, 0.1) is 10.4 Å². The molecule has 52 heavy (non-hydrogen) atoms. The van der Waals surface area contributed by atoms with Gasteiger partial charge in [0.1, 0.15) is 0 Å². The Kier molecular flexibility index (Phi) is 10.6. The first-order chi connectivity index (χ1) is 24.8. The average Bonchev–Trinajstić information content (AvgIpc) is 3.83. The molecule has 0 aromatic heterocycles. The van der Waals surface area contributed by atoms with Crippen LogP contribution in [0.2, 0.25) is 0 Å². The molecule has 0 fully saturated rings. The minimum atomic E-state index is 0. The first-order valence-corrected chi connectivity index (χ1v) is 18.5. The van der Waals surface area contributed by atoms with Crippen LogP contribution in [0.4, 0.5) is 0 Å². The summed E-state index contributed by atoms with van der Waals surface area (Å²) in [4.78, 5) is 0. The van der Waals surface area contributed by atoms with Crippen molar-refractivity contribution in [1.82, 2.24) is 0 Å². The Morgan fingerprint density at radius 3 is 1.46 bits per heavy atom. The van der Waals surface area contributed by atoms with Crippen molar-refractivity contribution in [3.8, 4) is 33.4 Å². The van der Waals surface area contributed by atoms with Crippen LogP contribution in [0.5, 0.6) is 0 Å². The van der Waals surface area contributed by atoms with Gasteiger partial charge >= 0.3 is 310 Å². The van der Waals surface area contributed by atoms with E-state index in [1.165, 1.54) is 116 Å². The summed E-state index contributed by atoms with van der Waals surface area (Å²) in [5.41, 5.74) is 15.4. The third-order valence-electron chi connectivity index (χ3n) is 10.0. The van der Waals surface area contributed by atoms with Crippen molar-refractivity contribution < 1.29 is 49.5 Å². The van der Waals surface area contributed by atoms with Crippen molar-refractivity contribution in [3.05, 3.63) is 231 Å². The van der Waals surface area contributed by atoms with Gasteiger partial charge in [0, 0.05) is 0 Å². The van der Waals surface area contributed by atoms with Crippen LogP contribution in [0.3, 0.4) is 0 Å². The number of benzene rings is 7. The first kappa shape index (κ1) is 35.6. The van der Waals surface area contributed by atoms with Gasteiger partial charge in [-0.05, 0) is 0 Å². The van der Waals surface area contributed by atoms with Crippen LogP contribution >= 0.6 is 0 Å². The standard InChI is InChI=1S/C49H33.2ClH.Zr/c1-6-19-34(20-7-1)41-32-18-31-40-33-42-44(37-29-16-17-30-37)46(38-25-12-4-13-26-38)47(39-27-14-5-15-28-39)49(48(42)45(40)41)43(35-21-8-2-9-22-35)36-23-10-3-11-24-36;;;/h1-29,31-32H,30H2;2*1H;/q;;;+2/p-2. The molecule has 0 heterocycles. The van der Waals surface area contributed by atoms with Crippen molar-refractivity contribution in [2.75, 3.05) is 0 Å². The van der Waals surface area contributed by atoms with Crippen LogP contribution in [0.1, 0.15) is 28.7 Å². The van der Waals surface area contributed by atoms with E-state index in [9.17, 15) is 0 Å². The molecule has 0 amide bonds. The van der Waals surface area contributed by atoms with Crippen molar-refractivity contribution in [2.24, 2.45) is 0 Å². The Morgan fingerprint density at radius 1 is 0.442 bits per heavy atom. The third-order valence-corrected chi connectivity index (χ3v) is 11.3.